The number of carbonyl (C=O) groups excluding carboxylic acids is 1. The van der Waals surface area contributed by atoms with E-state index in [9.17, 15) is 4.79 Å². The van der Waals surface area contributed by atoms with Gasteiger partial charge in [0.15, 0.2) is 0 Å². The molecule has 0 spiro atoms. The molecule has 2 aliphatic heterocycles. The fourth-order valence-electron chi connectivity index (χ4n) is 6.85. The van der Waals surface area contributed by atoms with Crippen molar-refractivity contribution in [3.8, 4) is 11.1 Å². The number of nitrogens with zero attached hydrogens (tertiary/aromatic N) is 4. The van der Waals surface area contributed by atoms with Crippen molar-refractivity contribution in [2.75, 3.05) is 64.7 Å². The fraction of sp³-hybridized carbons (Fsp3) is 0.697. The highest BCUT2D eigenvalue weighted by molar-refractivity contribution is 5.98. The highest BCUT2D eigenvalue weighted by Crippen LogP contribution is 2.34. The Kier molecular flexibility index (Phi) is 11.1. The van der Waals surface area contributed by atoms with Crippen molar-refractivity contribution in [2.45, 2.75) is 77.5 Å². The second kappa shape index (κ2) is 15.0. The molecule has 1 aromatic carbocycles. The van der Waals surface area contributed by atoms with E-state index >= 15 is 0 Å². The summed E-state index contributed by atoms with van der Waals surface area (Å²) in [6.45, 7) is 13.6. The molecule has 3 fully saturated rings. The van der Waals surface area contributed by atoms with Crippen LogP contribution in [0.15, 0.2) is 24.5 Å². The highest BCUT2D eigenvalue weighted by Gasteiger charge is 2.27. The van der Waals surface area contributed by atoms with E-state index in [1.165, 1.54) is 0 Å². The average Bonchev–Trinajstić information content (AvgIpc) is 3.48. The zero-order valence-electron chi connectivity index (χ0n) is 26.7. The van der Waals surface area contributed by atoms with Crippen LogP contribution in [0, 0.1) is 18.8 Å². The first-order valence-corrected chi connectivity index (χ1v) is 16.3. The fourth-order valence-corrected chi connectivity index (χ4v) is 6.85. The Labute approximate surface area is 257 Å². The topological polar surface area (TPSA) is 110 Å². The van der Waals surface area contributed by atoms with E-state index in [0.717, 1.165) is 99.4 Å². The zero-order valence-corrected chi connectivity index (χ0v) is 26.7. The average molecular weight is 596 g/mol. The van der Waals surface area contributed by atoms with E-state index in [1.807, 2.05) is 16.9 Å². The van der Waals surface area contributed by atoms with E-state index < -0.39 is 0 Å². The minimum absolute atomic E-state index is 0.0280. The summed E-state index contributed by atoms with van der Waals surface area (Å²) in [4.78, 5) is 18.7. The number of ether oxygens (including phenoxy) is 2. The molecular weight excluding hydrogens is 542 g/mol. The number of nitrogens with two attached hydrogens (primary N) is 1. The third-order valence-corrected chi connectivity index (χ3v) is 9.93. The van der Waals surface area contributed by atoms with Gasteiger partial charge in [-0.1, -0.05) is 6.92 Å². The van der Waals surface area contributed by atoms with Gasteiger partial charge in [0.05, 0.1) is 39.3 Å². The first-order chi connectivity index (χ1) is 20.8. The van der Waals surface area contributed by atoms with Gasteiger partial charge in [-0.05, 0) is 75.1 Å². The molecule has 43 heavy (non-hydrogen) atoms. The van der Waals surface area contributed by atoms with Crippen molar-refractivity contribution in [1.29, 1.82) is 0 Å². The Morgan fingerprint density at radius 1 is 1.12 bits per heavy atom. The first kappa shape index (κ1) is 31.9. The van der Waals surface area contributed by atoms with Crippen LogP contribution in [-0.2, 0) is 16.0 Å². The van der Waals surface area contributed by atoms with Crippen LogP contribution in [-0.4, -0.2) is 98.5 Å². The predicted octanol–water partition coefficient (Wildman–Crippen LogP) is 3.23. The minimum Gasteiger partial charge on any atom is -0.379 e. The van der Waals surface area contributed by atoms with Crippen LogP contribution in [0.5, 0.6) is 0 Å². The van der Waals surface area contributed by atoms with Gasteiger partial charge < -0.3 is 25.4 Å². The normalized spacial score (nSPS) is 27.3. The van der Waals surface area contributed by atoms with Crippen molar-refractivity contribution in [3.05, 3.63) is 35.7 Å². The summed E-state index contributed by atoms with van der Waals surface area (Å²) in [6.07, 6.45) is 9.30. The van der Waals surface area contributed by atoms with Crippen molar-refractivity contribution in [3.63, 3.8) is 0 Å². The van der Waals surface area contributed by atoms with Crippen molar-refractivity contribution in [1.82, 2.24) is 25.3 Å². The molecule has 2 aromatic rings. The van der Waals surface area contributed by atoms with E-state index in [0.29, 0.717) is 43.9 Å². The lowest BCUT2D eigenvalue weighted by Crippen LogP contribution is -2.41. The maximum Gasteiger partial charge on any atom is 0.251 e. The van der Waals surface area contributed by atoms with Crippen LogP contribution in [0.25, 0.3) is 11.1 Å². The molecule has 5 rings (SSSR count). The molecule has 10 heteroatoms. The summed E-state index contributed by atoms with van der Waals surface area (Å²) in [5, 5.41) is 11.4. The molecule has 10 nitrogen and oxygen atoms in total. The van der Waals surface area contributed by atoms with Crippen LogP contribution in [0.1, 0.15) is 61.9 Å². The third kappa shape index (κ3) is 8.36. The molecule has 1 amide bonds. The molecule has 1 aliphatic carbocycles. The number of amides is 1. The van der Waals surface area contributed by atoms with Crippen molar-refractivity contribution in [2.24, 2.45) is 17.6 Å². The summed E-state index contributed by atoms with van der Waals surface area (Å²) in [5.41, 5.74) is 11.1. The molecular formula is C33H53N7O3. The number of hydrogen-bond donors (Lipinski definition) is 3. The van der Waals surface area contributed by atoms with E-state index in [2.05, 4.69) is 65.6 Å². The SMILES string of the molecule is Cc1c(C(=O)NCC2COCNC(C)CC2C)cc(-c2cnn(CCN3CCOCC3)c2)cc1N(C)C1CCC(N)CC1. The lowest BCUT2D eigenvalue weighted by Gasteiger charge is -2.36. The molecule has 238 valence electrons. The quantitative estimate of drug-likeness (QED) is 0.406. The van der Waals surface area contributed by atoms with Gasteiger partial charge in [0.1, 0.15) is 0 Å². The van der Waals surface area contributed by atoms with Gasteiger partial charge in [-0.15, -0.1) is 0 Å². The summed E-state index contributed by atoms with van der Waals surface area (Å²) in [6, 6.07) is 5.38. The van der Waals surface area contributed by atoms with Gasteiger partial charge in [0.25, 0.3) is 5.91 Å². The number of benzene rings is 1. The summed E-state index contributed by atoms with van der Waals surface area (Å²) in [7, 11) is 2.17. The minimum atomic E-state index is -0.0280. The molecule has 2 saturated heterocycles. The smallest absolute Gasteiger partial charge is 0.251 e. The van der Waals surface area contributed by atoms with Gasteiger partial charge in [-0.25, -0.2) is 0 Å². The molecule has 3 unspecified atom stereocenters. The van der Waals surface area contributed by atoms with Crippen LogP contribution in [0.2, 0.25) is 0 Å². The number of rotatable bonds is 9. The Balaban J connectivity index is 1.36. The lowest BCUT2D eigenvalue weighted by molar-refractivity contribution is 0.0359. The molecule has 1 saturated carbocycles. The van der Waals surface area contributed by atoms with Crippen LogP contribution < -0.4 is 21.3 Å². The number of carbonyl (C=O) groups is 1. The maximum absolute atomic E-state index is 13.9. The first-order valence-electron chi connectivity index (χ1n) is 16.3. The number of aromatic nitrogens is 2. The number of hydrogen-bond acceptors (Lipinski definition) is 8. The van der Waals surface area contributed by atoms with Crippen molar-refractivity contribution >= 4 is 11.6 Å². The molecule has 3 aliphatic rings. The van der Waals surface area contributed by atoms with Gasteiger partial charge in [0, 0.05) is 80.3 Å². The molecule has 1 aromatic heterocycles. The maximum atomic E-state index is 13.9. The van der Waals surface area contributed by atoms with Crippen LogP contribution in [0.3, 0.4) is 0 Å². The van der Waals surface area contributed by atoms with E-state index in [4.69, 9.17) is 15.2 Å². The van der Waals surface area contributed by atoms with Crippen molar-refractivity contribution < 1.29 is 14.3 Å². The predicted molar refractivity (Wildman–Crippen MR) is 171 cm³/mol. The van der Waals surface area contributed by atoms with Gasteiger partial charge in [0.2, 0.25) is 0 Å². The Morgan fingerprint density at radius 2 is 1.88 bits per heavy atom. The lowest BCUT2D eigenvalue weighted by atomic mass is 9.88. The van der Waals surface area contributed by atoms with Crippen LogP contribution >= 0.6 is 0 Å². The third-order valence-electron chi connectivity index (χ3n) is 9.93. The summed E-state index contributed by atoms with van der Waals surface area (Å²) >= 11 is 0. The number of nitrogens with one attached hydrogen (secondary N) is 2. The van der Waals surface area contributed by atoms with E-state index in [1.54, 1.807) is 0 Å². The molecule has 3 heterocycles. The standard InChI is InChI=1S/C33H53N7O3/c1-23-15-24(2)36-22-43-21-28(23)18-35-33(41)31-16-26(17-32(25(31)3)38(4)30-7-5-29(34)6-8-30)27-19-37-40(20-27)10-9-39-11-13-42-14-12-39/h16-17,19-20,23-24,28-30,36H,5-15,18,21-22,34H2,1-4H3,(H,35,41). The number of morpholine rings is 1. The van der Waals surface area contributed by atoms with Crippen LogP contribution in [0.4, 0.5) is 5.69 Å². The molecule has 3 atom stereocenters. The Bertz CT molecular complexity index is 1190. The monoisotopic (exact) mass is 595 g/mol. The largest absolute Gasteiger partial charge is 0.379 e. The van der Waals surface area contributed by atoms with Gasteiger partial charge in [-0.3, -0.25) is 19.7 Å². The molecule has 0 radical (unpaired) electrons. The van der Waals surface area contributed by atoms with Gasteiger partial charge >= 0.3 is 0 Å². The summed E-state index contributed by atoms with van der Waals surface area (Å²) < 4.78 is 13.4. The number of anilines is 1. The van der Waals surface area contributed by atoms with Gasteiger partial charge in [-0.2, -0.15) is 5.10 Å². The highest BCUT2D eigenvalue weighted by atomic mass is 16.5. The second-order valence-corrected chi connectivity index (χ2v) is 13.1. The second-order valence-electron chi connectivity index (χ2n) is 13.1. The molecule has 4 N–H and O–H groups in total. The van der Waals surface area contributed by atoms with E-state index in [-0.39, 0.29) is 11.8 Å². The zero-order chi connectivity index (χ0) is 30.3. The Morgan fingerprint density at radius 3 is 2.65 bits per heavy atom. The Hall–Kier alpha value is -2.50. The molecule has 0 bridgehead atoms. The summed E-state index contributed by atoms with van der Waals surface area (Å²) in [5.74, 6) is 0.688.